The van der Waals surface area contributed by atoms with Crippen LogP contribution >= 0.6 is 0 Å². The zero-order valence-electron chi connectivity index (χ0n) is 18.6. The number of ether oxygens (including phenoxy) is 3. The van der Waals surface area contributed by atoms with Crippen LogP contribution in [0.5, 0.6) is 17.2 Å². The molecule has 1 fully saturated rings. The van der Waals surface area contributed by atoms with Gasteiger partial charge in [-0.3, -0.25) is 4.79 Å². The zero-order valence-corrected chi connectivity index (χ0v) is 20.2. The molecule has 180 valence electrons. The highest BCUT2D eigenvalue weighted by molar-refractivity contribution is 7.90. The molecule has 3 rings (SSSR count). The second kappa shape index (κ2) is 9.98. The molecule has 1 saturated heterocycles. The van der Waals surface area contributed by atoms with E-state index in [1.807, 2.05) is 0 Å². The maximum Gasteiger partial charge on any atom is 0.260 e. The van der Waals surface area contributed by atoms with Crippen LogP contribution in [0.3, 0.4) is 0 Å². The van der Waals surface area contributed by atoms with Crippen molar-refractivity contribution in [2.45, 2.75) is 9.79 Å². The van der Waals surface area contributed by atoms with Gasteiger partial charge in [-0.1, -0.05) is 0 Å². The molecule has 2 aromatic carbocycles. The number of rotatable bonds is 8. The summed E-state index contributed by atoms with van der Waals surface area (Å²) in [5, 5.41) is 0. The lowest BCUT2D eigenvalue weighted by Crippen LogP contribution is -2.51. The molecular formula is C21H26N2O8S2. The van der Waals surface area contributed by atoms with E-state index in [2.05, 4.69) is 0 Å². The molecule has 0 radical (unpaired) electrons. The fourth-order valence-corrected chi connectivity index (χ4v) is 5.39. The minimum absolute atomic E-state index is 0.0841. The first kappa shape index (κ1) is 24.8. The van der Waals surface area contributed by atoms with E-state index in [0.29, 0.717) is 17.2 Å². The van der Waals surface area contributed by atoms with Gasteiger partial charge in [0.1, 0.15) is 5.75 Å². The van der Waals surface area contributed by atoms with Crippen molar-refractivity contribution in [2.24, 2.45) is 0 Å². The van der Waals surface area contributed by atoms with E-state index in [9.17, 15) is 21.6 Å². The second-order valence-electron chi connectivity index (χ2n) is 7.33. The zero-order chi connectivity index (χ0) is 24.2. The number of benzene rings is 2. The normalized spacial score (nSPS) is 15.2. The molecule has 0 bridgehead atoms. The van der Waals surface area contributed by atoms with Gasteiger partial charge in [0.2, 0.25) is 10.0 Å². The van der Waals surface area contributed by atoms with Crippen molar-refractivity contribution in [1.29, 1.82) is 0 Å². The van der Waals surface area contributed by atoms with Gasteiger partial charge >= 0.3 is 0 Å². The molecule has 1 amide bonds. The quantitative estimate of drug-likeness (QED) is 0.529. The highest BCUT2D eigenvalue weighted by Crippen LogP contribution is 2.31. The number of carbonyl (C=O) groups is 1. The van der Waals surface area contributed by atoms with Crippen molar-refractivity contribution in [3.05, 3.63) is 42.5 Å². The minimum Gasteiger partial charge on any atom is -0.493 e. The maximum atomic E-state index is 13.0. The number of methoxy groups -OCH3 is 2. The fraction of sp³-hybridized carbons (Fsp3) is 0.381. The number of sulfonamides is 1. The molecule has 10 nitrogen and oxygen atoms in total. The highest BCUT2D eigenvalue weighted by Gasteiger charge is 2.31. The van der Waals surface area contributed by atoms with Crippen molar-refractivity contribution < 1.29 is 35.8 Å². The van der Waals surface area contributed by atoms with Gasteiger partial charge in [0, 0.05) is 38.5 Å². The molecule has 2 aromatic rings. The highest BCUT2D eigenvalue weighted by atomic mass is 32.2. The summed E-state index contributed by atoms with van der Waals surface area (Å²) in [4.78, 5) is 14.3. The Balaban J connectivity index is 1.57. The van der Waals surface area contributed by atoms with Gasteiger partial charge in [0.05, 0.1) is 24.0 Å². The molecule has 0 aromatic heterocycles. The van der Waals surface area contributed by atoms with Gasteiger partial charge in [-0.15, -0.1) is 0 Å². The number of hydrogen-bond acceptors (Lipinski definition) is 8. The van der Waals surface area contributed by atoms with Crippen molar-refractivity contribution in [2.75, 3.05) is 53.3 Å². The number of sulfone groups is 1. The van der Waals surface area contributed by atoms with Crippen LogP contribution in [0.2, 0.25) is 0 Å². The Morgan fingerprint density at radius 2 is 1.42 bits per heavy atom. The van der Waals surface area contributed by atoms with Gasteiger partial charge in [-0.25, -0.2) is 16.8 Å². The lowest BCUT2D eigenvalue weighted by molar-refractivity contribution is -0.134. The topological polar surface area (TPSA) is 120 Å². The molecule has 12 heteroatoms. The Hall–Kier alpha value is -2.83. The van der Waals surface area contributed by atoms with Gasteiger partial charge in [-0.2, -0.15) is 4.31 Å². The SMILES string of the molecule is COc1ccc(S(=O)(=O)N2CCN(C(=O)COc3ccc(S(C)(=O)=O)cc3)CC2)cc1OC. The third kappa shape index (κ3) is 5.75. The standard InChI is InChI=1S/C21H26N2O8S2/c1-29-19-9-8-18(14-20(19)30-2)33(27,28)23-12-10-22(11-13-23)21(24)15-31-16-4-6-17(7-5-16)32(3,25)26/h4-9,14H,10-13,15H2,1-3H3. The van der Waals surface area contributed by atoms with E-state index in [1.54, 1.807) is 0 Å². The molecule has 0 spiro atoms. The summed E-state index contributed by atoms with van der Waals surface area (Å²) < 4.78 is 66.1. The number of nitrogens with zero attached hydrogens (tertiary/aromatic N) is 2. The second-order valence-corrected chi connectivity index (χ2v) is 11.3. The van der Waals surface area contributed by atoms with Gasteiger partial charge in [-0.05, 0) is 36.4 Å². The van der Waals surface area contributed by atoms with Gasteiger partial charge in [0.25, 0.3) is 5.91 Å². The average Bonchev–Trinajstić information content (AvgIpc) is 2.81. The fourth-order valence-electron chi connectivity index (χ4n) is 3.32. The van der Waals surface area contributed by atoms with Gasteiger partial charge < -0.3 is 19.1 Å². The van der Waals surface area contributed by atoms with Crippen LogP contribution in [0.15, 0.2) is 52.3 Å². The lowest BCUT2D eigenvalue weighted by Gasteiger charge is -2.34. The van der Waals surface area contributed by atoms with E-state index in [1.165, 1.54) is 65.9 Å². The van der Waals surface area contributed by atoms with E-state index in [0.717, 1.165) is 6.26 Å². The number of carbonyl (C=O) groups excluding carboxylic acids is 1. The van der Waals surface area contributed by atoms with Crippen molar-refractivity contribution in [1.82, 2.24) is 9.21 Å². The lowest BCUT2D eigenvalue weighted by atomic mass is 10.3. The van der Waals surface area contributed by atoms with E-state index in [-0.39, 0.29) is 48.5 Å². The molecule has 0 aliphatic carbocycles. The smallest absolute Gasteiger partial charge is 0.260 e. The molecule has 1 heterocycles. The van der Waals surface area contributed by atoms with Crippen molar-refractivity contribution >= 4 is 25.8 Å². The van der Waals surface area contributed by atoms with E-state index >= 15 is 0 Å². The van der Waals surface area contributed by atoms with Crippen LogP contribution < -0.4 is 14.2 Å². The van der Waals surface area contributed by atoms with Crippen LogP contribution in [-0.2, 0) is 24.7 Å². The van der Waals surface area contributed by atoms with E-state index in [4.69, 9.17) is 14.2 Å². The Bertz CT molecular complexity index is 1200. The Morgan fingerprint density at radius 3 is 1.97 bits per heavy atom. The van der Waals surface area contributed by atoms with Crippen LogP contribution in [0.4, 0.5) is 0 Å². The van der Waals surface area contributed by atoms with Crippen molar-refractivity contribution in [3.63, 3.8) is 0 Å². The molecular weight excluding hydrogens is 472 g/mol. The Morgan fingerprint density at radius 1 is 0.848 bits per heavy atom. The summed E-state index contributed by atoms with van der Waals surface area (Å²) in [7, 11) is -4.17. The van der Waals surface area contributed by atoms with Crippen LogP contribution in [0.25, 0.3) is 0 Å². The first-order valence-electron chi connectivity index (χ1n) is 9.99. The molecule has 33 heavy (non-hydrogen) atoms. The molecule has 0 N–H and O–H groups in total. The predicted octanol–water partition coefficient (Wildman–Crippen LogP) is 1.02. The first-order chi connectivity index (χ1) is 15.6. The third-order valence-electron chi connectivity index (χ3n) is 5.20. The molecule has 1 aliphatic heterocycles. The largest absolute Gasteiger partial charge is 0.493 e. The van der Waals surface area contributed by atoms with Crippen LogP contribution in [-0.4, -0.2) is 85.2 Å². The van der Waals surface area contributed by atoms with Gasteiger partial charge in [0.15, 0.2) is 27.9 Å². The number of piperazine rings is 1. The minimum atomic E-state index is -3.76. The number of amides is 1. The Labute approximate surface area is 193 Å². The summed E-state index contributed by atoms with van der Waals surface area (Å²) >= 11 is 0. The first-order valence-corrected chi connectivity index (χ1v) is 13.3. The summed E-state index contributed by atoms with van der Waals surface area (Å²) in [6, 6.07) is 10.2. The van der Waals surface area contributed by atoms with Crippen LogP contribution in [0, 0.1) is 0 Å². The average molecular weight is 499 g/mol. The summed E-state index contributed by atoms with van der Waals surface area (Å²) in [6.45, 7) is 0.501. The summed E-state index contributed by atoms with van der Waals surface area (Å²) in [6.07, 6.45) is 1.11. The summed E-state index contributed by atoms with van der Waals surface area (Å²) in [5.74, 6) is 0.822. The predicted molar refractivity (Wildman–Crippen MR) is 120 cm³/mol. The molecule has 0 saturated carbocycles. The maximum absolute atomic E-state index is 13.0. The van der Waals surface area contributed by atoms with Crippen molar-refractivity contribution in [3.8, 4) is 17.2 Å². The molecule has 0 atom stereocenters. The monoisotopic (exact) mass is 498 g/mol. The number of hydrogen-bond donors (Lipinski definition) is 0. The molecule has 0 unspecified atom stereocenters. The van der Waals surface area contributed by atoms with E-state index < -0.39 is 19.9 Å². The molecule has 1 aliphatic rings. The summed E-state index contributed by atoms with van der Waals surface area (Å²) in [5.41, 5.74) is 0. The third-order valence-corrected chi connectivity index (χ3v) is 8.22. The Kier molecular flexibility index (Phi) is 7.50. The van der Waals surface area contributed by atoms with Crippen LogP contribution in [0.1, 0.15) is 0 Å².